The van der Waals surface area contributed by atoms with Crippen LogP contribution in [0.2, 0.25) is 0 Å². The van der Waals surface area contributed by atoms with Gasteiger partial charge in [0.2, 0.25) is 0 Å². The molecule has 0 saturated carbocycles. The van der Waals surface area contributed by atoms with E-state index in [0.29, 0.717) is 11.2 Å². The molecular formula is C10H14CaN5O6P. The first-order valence-corrected chi connectivity index (χ1v) is 7.88. The van der Waals surface area contributed by atoms with Crippen LogP contribution in [-0.4, -0.2) is 92.2 Å². The fourth-order valence-corrected chi connectivity index (χ4v) is 3.59. The zero-order valence-electron chi connectivity index (χ0n) is 13.7. The summed E-state index contributed by atoms with van der Waals surface area (Å²) < 4.78 is 28.2. The number of ether oxygens (including phenoxy) is 1. The molecule has 4 N–H and O–H groups in total. The van der Waals surface area contributed by atoms with Gasteiger partial charge in [-0.05, 0) is 0 Å². The second kappa shape index (κ2) is 6.17. The third-order valence-corrected chi connectivity index (χ3v) is 4.61. The summed E-state index contributed by atoms with van der Waals surface area (Å²) >= 11 is 0. The second-order valence-corrected chi connectivity index (χ2v) is 6.38. The summed E-state index contributed by atoms with van der Waals surface area (Å²) in [7, 11) is -4.16. The Kier molecular flexibility index (Phi) is 4.69. The molecule has 0 radical (unpaired) electrons. The van der Waals surface area contributed by atoms with Crippen molar-refractivity contribution in [2.24, 2.45) is 0 Å². The third-order valence-electron chi connectivity index (χ3n) is 3.63. The average Bonchev–Trinajstić information content (AvgIpc) is 3.01. The van der Waals surface area contributed by atoms with E-state index >= 15 is 0 Å². The Hall–Kier alpha value is -0.360. The smallest absolute Gasteiger partial charge is 1.00 e. The number of phosphoric ester groups is 1. The van der Waals surface area contributed by atoms with Crippen LogP contribution >= 0.6 is 7.82 Å². The number of nitrogens with two attached hydrogens (primary N) is 1. The zero-order chi connectivity index (χ0) is 15.5. The average molecular weight is 371 g/mol. The molecule has 13 heteroatoms. The number of nitrogens with zero attached hydrogens (tertiary/aromatic N) is 4. The predicted molar refractivity (Wildman–Crippen MR) is 78.3 cm³/mol. The first-order chi connectivity index (χ1) is 10.5. The molecule has 4 heterocycles. The van der Waals surface area contributed by atoms with Gasteiger partial charge in [-0.25, -0.2) is 19.5 Å². The van der Waals surface area contributed by atoms with E-state index < -0.39 is 32.4 Å². The molecule has 2 aromatic heterocycles. The van der Waals surface area contributed by atoms with E-state index in [4.69, 9.17) is 15.0 Å². The number of phosphoric acid groups is 1. The number of hydrogen-bond donors (Lipinski definition) is 3. The van der Waals surface area contributed by atoms with Crippen molar-refractivity contribution in [2.45, 2.75) is 24.5 Å². The van der Waals surface area contributed by atoms with Gasteiger partial charge in [0, 0.05) is 0 Å². The van der Waals surface area contributed by atoms with E-state index in [1.165, 1.54) is 17.2 Å². The van der Waals surface area contributed by atoms with Crippen molar-refractivity contribution in [3.8, 4) is 0 Å². The van der Waals surface area contributed by atoms with Crippen LogP contribution in [0.5, 0.6) is 0 Å². The van der Waals surface area contributed by atoms with Crippen molar-refractivity contribution >= 4 is 62.5 Å². The van der Waals surface area contributed by atoms with Crippen molar-refractivity contribution in [1.29, 1.82) is 0 Å². The van der Waals surface area contributed by atoms with Crippen LogP contribution in [0.3, 0.4) is 0 Å². The van der Waals surface area contributed by atoms with Crippen LogP contribution in [0.1, 0.15) is 9.08 Å². The van der Waals surface area contributed by atoms with E-state index in [9.17, 15) is 14.6 Å². The summed E-state index contributed by atoms with van der Waals surface area (Å²) in [4.78, 5) is 21.3. The van der Waals surface area contributed by atoms with E-state index in [1.54, 1.807) is 0 Å². The van der Waals surface area contributed by atoms with Gasteiger partial charge in [-0.1, -0.05) is 0 Å². The molecule has 2 aliphatic rings. The SMILES string of the molecule is Nc1ncnc2c1ncn2[C@@H]1O[C@@H]2COP(=O)(O)O[C@H]2[C@H]1O.[Ca+2].[H-].[H-]. The Morgan fingerprint density at radius 1 is 1.43 bits per heavy atom. The molecule has 2 aromatic rings. The van der Waals surface area contributed by atoms with Crippen LogP contribution in [0.15, 0.2) is 12.7 Å². The fraction of sp³-hybridized carbons (Fsp3) is 0.500. The molecular weight excluding hydrogens is 357 g/mol. The Morgan fingerprint density at radius 2 is 2.22 bits per heavy atom. The molecule has 0 amide bonds. The molecule has 0 aromatic carbocycles. The molecule has 0 spiro atoms. The predicted octanol–water partition coefficient (Wildman–Crippen LogP) is -0.973. The minimum absolute atomic E-state index is 0. The van der Waals surface area contributed by atoms with Gasteiger partial charge in [0.1, 0.15) is 30.2 Å². The minimum Gasteiger partial charge on any atom is -1.00 e. The standard InChI is InChI=1S/C10H12N5O6P.Ca.2H/c11-8-5-9(13-2-12-8)15(3-14-5)10-6(16)7-4(20-10)1-19-22(17,18)21-7;;;/h2-4,6-7,10,16H,1H2,(H,17,18)(H2,11,12,13);;;/q;+2;2*-1/t4-,6-,7-,10-;;;/m1.../s1. The largest absolute Gasteiger partial charge is 2.00 e. The van der Waals surface area contributed by atoms with Crippen LogP contribution in [0, 0.1) is 0 Å². The summed E-state index contributed by atoms with van der Waals surface area (Å²) in [6.45, 7) is -0.157. The number of aliphatic hydroxyl groups is 1. The summed E-state index contributed by atoms with van der Waals surface area (Å²) in [6.07, 6.45) is -1.07. The Bertz CT molecular complexity index is 798. The molecule has 4 rings (SSSR count). The Balaban J connectivity index is 0.00000104. The van der Waals surface area contributed by atoms with Gasteiger partial charge >= 0.3 is 45.6 Å². The Labute approximate surface area is 162 Å². The molecule has 2 saturated heterocycles. The number of fused-ring (bicyclic) bond motifs is 2. The molecule has 2 fully saturated rings. The fourth-order valence-electron chi connectivity index (χ4n) is 2.62. The maximum absolute atomic E-state index is 11.5. The molecule has 5 atom stereocenters. The number of anilines is 1. The molecule has 23 heavy (non-hydrogen) atoms. The van der Waals surface area contributed by atoms with Crippen molar-refractivity contribution in [1.82, 2.24) is 19.5 Å². The monoisotopic (exact) mass is 371 g/mol. The van der Waals surface area contributed by atoms with Crippen molar-refractivity contribution < 1.29 is 31.2 Å². The van der Waals surface area contributed by atoms with Gasteiger partial charge in [0.05, 0.1) is 12.9 Å². The number of aromatic nitrogens is 4. The van der Waals surface area contributed by atoms with Crippen molar-refractivity contribution in [2.75, 3.05) is 12.3 Å². The van der Waals surface area contributed by atoms with Crippen LogP contribution < -0.4 is 5.73 Å². The van der Waals surface area contributed by atoms with Gasteiger partial charge in [-0.3, -0.25) is 13.6 Å². The number of imidazole rings is 1. The van der Waals surface area contributed by atoms with Crippen LogP contribution in [-0.2, 0) is 18.3 Å². The second-order valence-electron chi connectivity index (χ2n) is 4.97. The van der Waals surface area contributed by atoms with E-state index in [0.717, 1.165) is 0 Å². The summed E-state index contributed by atoms with van der Waals surface area (Å²) in [5, 5.41) is 10.4. The first kappa shape index (κ1) is 17.5. The van der Waals surface area contributed by atoms with Crippen LogP contribution in [0.25, 0.3) is 11.2 Å². The number of rotatable bonds is 1. The summed E-state index contributed by atoms with van der Waals surface area (Å²) in [5.74, 6) is 0.202. The zero-order valence-corrected chi connectivity index (χ0v) is 14.8. The molecule has 0 bridgehead atoms. The molecule has 2 aliphatic heterocycles. The summed E-state index contributed by atoms with van der Waals surface area (Å²) in [5.41, 5.74) is 6.46. The van der Waals surface area contributed by atoms with Crippen molar-refractivity contribution in [3.63, 3.8) is 0 Å². The van der Waals surface area contributed by atoms with Gasteiger partial charge in [0.15, 0.2) is 17.7 Å². The molecule has 122 valence electrons. The van der Waals surface area contributed by atoms with Gasteiger partial charge < -0.3 is 23.3 Å². The van der Waals surface area contributed by atoms with Crippen LogP contribution in [0.4, 0.5) is 5.82 Å². The molecule has 11 nitrogen and oxygen atoms in total. The van der Waals surface area contributed by atoms with Crippen molar-refractivity contribution in [3.05, 3.63) is 12.7 Å². The van der Waals surface area contributed by atoms with E-state index in [2.05, 4.69) is 19.5 Å². The van der Waals surface area contributed by atoms with E-state index in [-0.39, 0.29) is 53.0 Å². The van der Waals surface area contributed by atoms with Gasteiger partial charge in [-0.2, -0.15) is 0 Å². The number of aliphatic hydroxyl groups excluding tert-OH is 1. The number of nitrogen functional groups attached to an aromatic ring is 1. The number of hydrogen-bond acceptors (Lipinski definition) is 9. The van der Waals surface area contributed by atoms with E-state index in [1.807, 2.05) is 0 Å². The topological polar surface area (TPSA) is 155 Å². The van der Waals surface area contributed by atoms with Gasteiger partial charge in [0.25, 0.3) is 0 Å². The first-order valence-electron chi connectivity index (χ1n) is 6.38. The minimum atomic E-state index is -4.16. The maximum Gasteiger partial charge on any atom is 2.00 e. The normalized spacial score (nSPS) is 36.6. The quantitative estimate of drug-likeness (QED) is 0.421. The molecule has 1 unspecified atom stereocenters. The Morgan fingerprint density at radius 3 is 3.00 bits per heavy atom. The van der Waals surface area contributed by atoms with Gasteiger partial charge in [-0.15, -0.1) is 0 Å². The molecule has 0 aliphatic carbocycles. The maximum atomic E-state index is 11.5. The summed E-state index contributed by atoms with van der Waals surface area (Å²) in [6, 6.07) is 0. The third kappa shape index (κ3) is 2.90.